The molecule has 3 aromatic rings. The number of pyridine rings is 1. The van der Waals surface area contributed by atoms with Gasteiger partial charge in [-0.25, -0.2) is 4.79 Å². The molecule has 2 aromatic carbocycles. The van der Waals surface area contributed by atoms with Crippen LogP contribution in [-0.4, -0.2) is 58.2 Å². The lowest BCUT2D eigenvalue weighted by molar-refractivity contribution is -0.163. The number of rotatable bonds is 7. The van der Waals surface area contributed by atoms with E-state index in [2.05, 4.69) is 10.3 Å². The van der Waals surface area contributed by atoms with Gasteiger partial charge in [-0.15, -0.1) is 0 Å². The third-order valence-electron chi connectivity index (χ3n) is 5.69. The first-order valence-corrected chi connectivity index (χ1v) is 10.7. The van der Waals surface area contributed by atoms with Gasteiger partial charge in [0.2, 0.25) is 0 Å². The summed E-state index contributed by atoms with van der Waals surface area (Å²) in [6.45, 7) is 1.67. The van der Waals surface area contributed by atoms with E-state index in [9.17, 15) is 19.5 Å². The molecular weight excluding hydrogens is 436 g/mol. The number of carbonyl (C=O) groups excluding carboxylic acids is 2. The number of ether oxygens (including phenoxy) is 1. The average molecular weight is 460 g/mol. The number of hydrogen-bond acceptors (Lipinski definition) is 7. The van der Waals surface area contributed by atoms with E-state index >= 15 is 0 Å². The summed E-state index contributed by atoms with van der Waals surface area (Å²) in [7, 11) is 1.25. The van der Waals surface area contributed by atoms with E-state index in [0.717, 1.165) is 10.8 Å². The van der Waals surface area contributed by atoms with Crippen LogP contribution in [-0.2, 0) is 19.1 Å². The first-order chi connectivity index (χ1) is 16.5. The molecule has 1 aliphatic heterocycles. The number of methoxy groups -OCH3 is 1. The zero-order valence-corrected chi connectivity index (χ0v) is 18.8. The second-order valence-corrected chi connectivity index (χ2v) is 7.63. The summed E-state index contributed by atoms with van der Waals surface area (Å²) < 4.78 is 4.83. The Labute approximate surface area is 196 Å². The summed E-state index contributed by atoms with van der Waals surface area (Å²) in [6.07, 6.45) is 3.25. The normalized spacial score (nSPS) is 16.6. The molecule has 9 heteroatoms. The standard InChI is InChI=1S/C25H24N4O5/c1-3-28-24(31)22(27-19-14-26-13-17-11-7-8-12-18(17)19)21(25(32)33)23(16-9-5-4-6-10-16)29(28)15-20(30)34-2/h4-14,23,27H,3,15H2,1-2H3,(H,32,33). The lowest BCUT2D eigenvalue weighted by atomic mass is 9.93. The maximum atomic E-state index is 13.6. The van der Waals surface area contributed by atoms with Crippen LogP contribution in [0.5, 0.6) is 0 Å². The van der Waals surface area contributed by atoms with Gasteiger partial charge in [-0.2, -0.15) is 5.01 Å². The molecule has 1 amide bonds. The lowest BCUT2D eigenvalue weighted by Gasteiger charge is -2.44. The van der Waals surface area contributed by atoms with Crippen molar-refractivity contribution in [2.75, 3.05) is 25.5 Å². The molecule has 1 aliphatic rings. The second kappa shape index (κ2) is 9.72. The van der Waals surface area contributed by atoms with Gasteiger partial charge in [-0.3, -0.25) is 19.6 Å². The van der Waals surface area contributed by atoms with E-state index in [4.69, 9.17) is 4.74 Å². The fourth-order valence-electron chi connectivity index (χ4n) is 4.15. The topological polar surface area (TPSA) is 112 Å². The summed E-state index contributed by atoms with van der Waals surface area (Å²) in [5, 5.41) is 17.8. The Kier molecular flexibility index (Phi) is 6.55. The molecule has 0 spiro atoms. The van der Waals surface area contributed by atoms with Crippen molar-refractivity contribution in [1.29, 1.82) is 0 Å². The number of esters is 1. The monoisotopic (exact) mass is 460 g/mol. The van der Waals surface area contributed by atoms with Crippen molar-refractivity contribution in [2.24, 2.45) is 0 Å². The number of hydrazine groups is 1. The number of anilines is 1. The first kappa shape index (κ1) is 22.9. The van der Waals surface area contributed by atoms with E-state index in [1.165, 1.54) is 17.1 Å². The van der Waals surface area contributed by atoms with E-state index in [0.29, 0.717) is 11.3 Å². The number of aliphatic carboxylic acids is 1. The quantitative estimate of drug-likeness (QED) is 0.518. The van der Waals surface area contributed by atoms with Crippen molar-refractivity contribution < 1.29 is 24.2 Å². The number of nitrogens with one attached hydrogen (secondary N) is 1. The number of aromatic nitrogens is 1. The maximum Gasteiger partial charge on any atom is 0.335 e. The van der Waals surface area contributed by atoms with Gasteiger partial charge in [-0.1, -0.05) is 54.6 Å². The van der Waals surface area contributed by atoms with Crippen molar-refractivity contribution >= 4 is 34.3 Å². The number of likely N-dealkylation sites (N-methyl/N-ethyl adjacent to an activating group) is 1. The summed E-state index contributed by atoms with van der Waals surface area (Å²) in [4.78, 5) is 42.7. The van der Waals surface area contributed by atoms with Crippen LogP contribution < -0.4 is 5.32 Å². The van der Waals surface area contributed by atoms with Gasteiger partial charge in [0.25, 0.3) is 5.91 Å². The molecule has 0 bridgehead atoms. The Morgan fingerprint density at radius 1 is 1.09 bits per heavy atom. The molecule has 1 atom stereocenters. The molecule has 2 N–H and O–H groups in total. The van der Waals surface area contributed by atoms with Crippen LogP contribution in [0.4, 0.5) is 5.69 Å². The maximum absolute atomic E-state index is 13.6. The minimum Gasteiger partial charge on any atom is -0.478 e. The van der Waals surface area contributed by atoms with Crippen LogP contribution in [0, 0.1) is 0 Å². The Morgan fingerprint density at radius 3 is 2.47 bits per heavy atom. The molecular formula is C25H24N4O5. The molecule has 9 nitrogen and oxygen atoms in total. The summed E-state index contributed by atoms with van der Waals surface area (Å²) >= 11 is 0. The Morgan fingerprint density at radius 2 is 1.79 bits per heavy atom. The molecule has 2 heterocycles. The Hall–Kier alpha value is -4.24. The third-order valence-corrected chi connectivity index (χ3v) is 5.69. The molecule has 1 aromatic heterocycles. The van der Waals surface area contributed by atoms with Crippen LogP contribution in [0.1, 0.15) is 18.5 Å². The number of carboxylic acids is 1. The van der Waals surface area contributed by atoms with Crippen molar-refractivity contribution in [3.8, 4) is 0 Å². The van der Waals surface area contributed by atoms with Crippen LogP contribution in [0.15, 0.2) is 78.3 Å². The average Bonchev–Trinajstić information content (AvgIpc) is 2.86. The van der Waals surface area contributed by atoms with Crippen LogP contribution >= 0.6 is 0 Å². The molecule has 34 heavy (non-hydrogen) atoms. The fraction of sp³-hybridized carbons (Fsp3) is 0.200. The van der Waals surface area contributed by atoms with Crippen LogP contribution in [0.25, 0.3) is 10.8 Å². The predicted molar refractivity (Wildman–Crippen MR) is 125 cm³/mol. The van der Waals surface area contributed by atoms with Crippen molar-refractivity contribution in [2.45, 2.75) is 13.0 Å². The predicted octanol–water partition coefficient (Wildman–Crippen LogP) is 2.98. The summed E-state index contributed by atoms with van der Waals surface area (Å²) in [5.74, 6) is -2.43. The summed E-state index contributed by atoms with van der Waals surface area (Å²) in [6, 6.07) is 15.4. The van der Waals surface area contributed by atoms with E-state index < -0.39 is 23.9 Å². The zero-order valence-electron chi connectivity index (χ0n) is 18.8. The van der Waals surface area contributed by atoms with Crippen LogP contribution in [0.2, 0.25) is 0 Å². The third kappa shape index (κ3) is 4.20. The first-order valence-electron chi connectivity index (χ1n) is 10.7. The molecule has 4 rings (SSSR count). The minimum atomic E-state index is -1.27. The molecule has 0 fully saturated rings. The number of carbonyl (C=O) groups is 3. The number of fused-ring (bicyclic) bond motifs is 1. The molecule has 0 aliphatic carbocycles. The van der Waals surface area contributed by atoms with Gasteiger partial charge >= 0.3 is 11.9 Å². The van der Waals surface area contributed by atoms with Crippen molar-refractivity contribution in [3.63, 3.8) is 0 Å². The number of benzene rings is 2. The fourth-order valence-corrected chi connectivity index (χ4v) is 4.15. The molecule has 174 valence electrons. The Balaban J connectivity index is 1.93. The smallest absolute Gasteiger partial charge is 0.335 e. The number of carboxylic acid groups (broad SMARTS) is 1. The molecule has 0 saturated heterocycles. The van der Waals surface area contributed by atoms with Gasteiger partial charge in [0.1, 0.15) is 12.2 Å². The molecule has 1 unspecified atom stereocenters. The van der Waals surface area contributed by atoms with E-state index in [-0.39, 0.29) is 24.4 Å². The van der Waals surface area contributed by atoms with E-state index in [1.807, 2.05) is 30.3 Å². The number of nitrogens with zero attached hydrogens (tertiary/aromatic N) is 3. The highest BCUT2D eigenvalue weighted by molar-refractivity contribution is 6.07. The number of amides is 1. The molecule has 0 saturated carbocycles. The van der Waals surface area contributed by atoms with Crippen molar-refractivity contribution in [1.82, 2.24) is 15.0 Å². The molecule has 0 radical (unpaired) electrons. The second-order valence-electron chi connectivity index (χ2n) is 7.63. The Bertz CT molecular complexity index is 1270. The van der Waals surface area contributed by atoms with Gasteiger partial charge < -0.3 is 15.2 Å². The zero-order chi connectivity index (χ0) is 24.2. The van der Waals surface area contributed by atoms with Gasteiger partial charge in [-0.05, 0) is 12.5 Å². The van der Waals surface area contributed by atoms with Gasteiger partial charge in [0, 0.05) is 23.5 Å². The SMILES string of the molecule is CCN1C(=O)C(Nc2cncc3ccccc23)=C(C(=O)O)C(c2ccccc2)N1CC(=O)OC. The highest BCUT2D eigenvalue weighted by Gasteiger charge is 2.44. The largest absolute Gasteiger partial charge is 0.478 e. The minimum absolute atomic E-state index is 0.0810. The van der Waals surface area contributed by atoms with Gasteiger partial charge in [0.15, 0.2) is 0 Å². The van der Waals surface area contributed by atoms with Crippen LogP contribution in [0.3, 0.4) is 0 Å². The summed E-state index contributed by atoms with van der Waals surface area (Å²) in [5.41, 5.74) is 0.870. The highest BCUT2D eigenvalue weighted by atomic mass is 16.5. The van der Waals surface area contributed by atoms with E-state index in [1.54, 1.807) is 43.6 Å². The highest BCUT2D eigenvalue weighted by Crippen LogP contribution is 2.38. The van der Waals surface area contributed by atoms with Crippen molar-refractivity contribution in [3.05, 3.63) is 83.8 Å². The lowest BCUT2D eigenvalue weighted by Crippen LogP contribution is -2.56. The van der Waals surface area contributed by atoms with Gasteiger partial charge in [0.05, 0.1) is 30.6 Å². The number of hydrogen-bond donors (Lipinski definition) is 2.